The van der Waals surface area contributed by atoms with Gasteiger partial charge in [-0.2, -0.15) is 0 Å². The fourth-order valence-corrected chi connectivity index (χ4v) is 2.29. The molecule has 1 atom stereocenters. The van der Waals surface area contributed by atoms with Gasteiger partial charge in [0.2, 0.25) is 0 Å². The first kappa shape index (κ1) is 15.5. The van der Waals surface area contributed by atoms with Crippen molar-refractivity contribution in [2.45, 2.75) is 26.5 Å². The lowest BCUT2D eigenvalue weighted by Crippen LogP contribution is -2.21. The second-order valence-electron chi connectivity index (χ2n) is 5.28. The first-order chi connectivity index (χ1) is 10.1. The second-order valence-corrected chi connectivity index (χ2v) is 5.28. The third-order valence-corrected chi connectivity index (χ3v) is 3.87. The normalized spacial score (nSPS) is 12.2. The SMILES string of the molecule is COc1ccc(C(O)CNCc2cccc(C)c2C)cc1. The van der Waals surface area contributed by atoms with Crippen LogP contribution in [0.3, 0.4) is 0 Å². The number of ether oxygens (including phenoxy) is 1. The van der Waals surface area contributed by atoms with Crippen molar-refractivity contribution >= 4 is 0 Å². The highest BCUT2D eigenvalue weighted by Crippen LogP contribution is 2.17. The summed E-state index contributed by atoms with van der Waals surface area (Å²) < 4.78 is 5.11. The van der Waals surface area contributed by atoms with Crippen LogP contribution in [0.2, 0.25) is 0 Å². The Balaban J connectivity index is 1.88. The quantitative estimate of drug-likeness (QED) is 0.857. The number of aliphatic hydroxyl groups is 1. The molecule has 0 aromatic heterocycles. The molecule has 2 aromatic carbocycles. The lowest BCUT2D eigenvalue weighted by molar-refractivity contribution is 0.174. The summed E-state index contributed by atoms with van der Waals surface area (Å²) in [5.74, 6) is 0.800. The molecule has 0 saturated heterocycles. The summed E-state index contributed by atoms with van der Waals surface area (Å²) in [5.41, 5.74) is 4.77. The molecule has 112 valence electrons. The Bertz CT molecular complexity index is 578. The van der Waals surface area contributed by atoms with Gasteiger partial charge in [-0.25, -0.2) is 0 Å². The molecule has 1 unspecified atom stereocenters. The molecule has 0 aliphatic rings. The number of hydrogen-bond donors (Lipinski definition) is 2. The van der Waals surface area contributed by atoms with Crippen molar-refractivity contribution in [3.8, 4) is 5.75 Å². The Morgan fingerprint density at radius 2 is 1.81 bits per heavy atom. The van der Waals surface area contributed by atoms with E-state index < -0.39 is 6.10 Å². The molecule has 0 aliphatic heterocycles. The van der Waals surface area contributed by atoms with Crippen LogP contribution in [0, 0.1) is 13.8 Å². The zero-order chi connectivity index (χ0) is 15.2. The minimum atomic E-state index is -0.513. The molecule has 0 fully saturated rings. The number of rotatable bonds is 6. The highest BCUT2D eigenvalue weighted by molar-refractivity contribution is 5.33. The number of benzene rings is 2. The fourth-order valence-electron chi connectivity index (χ4n) is 2.29. The number of nitrogens with one attached hydrogen (secondary N) is 1. The van der Waals surface area contributed by atoms with Crippen molar-refractivity contribution in [2.24, 2.45) is 0 Å². The molecular formula is C18H23NO2. The molecule has 0 spiro atoms. The van der Waals surface area contributed by atoms with Gasteiger partial charge in [-0.3, -0.25) is 0 Å². The van der Waals surface area contributed by atoms with Gasteiger partial charge in [0.05, 0.1) is 13.2 Å². The summed E-state index contributed by atoms with van der Waals surface area (Å²) in [6.45, 7) is 5.54. The van der Waals surface area contributed by atoms with E-state index in [2.05, 4.69) is 37.4 Å². The van der Waals surface area contributed by atoms with Crippen LogP contribution in [-0.4, -0.2) is 18.8 Å². The average Bonchev–Trinajstić information content (AvgIpc) is 2.51. The first-order valence-corrected chi connectivity index (χ1v) is 7.19. The van der Waals surface area contributed by atoms with Crippen molar-refractivity contribution in [3.63, 3.8) is 0 Å². The van der Waals surface area contributed by atoms with Gasteiger partial charge in [-0.15, -0.1) is 0 Å². The standard InChI is InChI=1S/C18H23NO2/c1-13-5-4-6-16(14(13)2)11-19-12-18(20)15-7-9-17(21-3)10-8-15/h4-10,18-20H,11-12H2,1-3H3. The number of hydrogen-bond acceptors (Lipinski definition) is 3. The zero-order valence-corrected chi connectivity index (χ0v) is 12.9. The van der Waals surface area contributed by atoms with E-state index in [9.17, 15) is 5.11 Å². The Labute approximate surface area is 126 Å². The summed E-state index contributed by atoms with van der Waals surface area (Å²) in [4.78, 5) is 0. The van der Waals surface area contributed by atoms with Crippen molar-refractivity contribution in [3.05, 3.63) is 64.7 Å². The van der Waals surface area contributed by atoms with Crippen LogP contribution in [-0.2, 0) is 6.54 Å². The van der Waals surface area contributed by atoms with E-state index in [4.69, 9.17) is 4.74 Å². The monoisotopic (exact) mass is 285 g/mol. The molecule has 0 radical (unpaired) electrons. The van der Waals surface area contributed by atoms with Gasteiger partial charge < -0.3 is 15.2 Å². The fraction of sp³-hybridized carbons (Fsp3) is 0.333. The van der Waals surface area contributed by atoms with E-state index in [1.54, 1.807) is 7.11 Å². The summed E-state index contributed by atoms with van der Waals surface area (Å²) in [6.07, 6.45) is -0.513. The van der Waals surface area contributed by atoms with Gasteiger partial charge in [0, 0.05) is 13.1 Å². The van der Waals surface area contributed by atoms with E-state index in [0.717, 1.165) is 17.9 Å². The summed E-state index contributed by atoms with van der Waals surface area (Å²) >= 11 is 0. The third-order valence-electron chi connectivity index (χ3n) is 3.87. The first-order valence-electron chi connectivity index (χ1n) is 7.19. The molecule has 2 rings (SSSR count). The molecule has 0 amide bonds. The Kier molecular flexibility index (Phi) is 5.37. The van der Waals surface area contributed by atoms with Gasteiger partial charge >= 0.3 is 0 Å². The van der Waals surface area contributed by atoms with Gasteiger partial charge in [-0.05, 0) is 48.2 Å². The van der Waals surface area contributed by atoms with E-state index in [1.807, 2.05) is 24.3 Å². The summed E-state index contributed by atoms with van der Waals surface area (Å²) in [6, 6.07) is 13.8. The summed E-state index contributed by atoms with van der Waals surface area (Å²) in [5, 5.41) is 13.5. The molecule has 2 N–H and O–H groups in total. The number of aliphatic hydroxyl groups excluding tert-OH is 1. The van der Waals surface area contributed by atoms with Crippen molar-refractivity contribution in [1.82, 2.24) is 5.32 Å². The molecule has 3 heteroatoms. The molecule has 3 nitrogen and oxygen atoms in total. The smallest absolute Gasteiger partial charge is 0.118 e. The molecular weight excluding hydrogens is 262 g/mol. The Morgan fingerprint density at radius 1 is 1.10 bits per heavy atom. The van der Waals surface area contributed by atoms with Gasteiger partial charge in [0.15, 0.2) is 0 Å². The van der Waals surface area contributed by atoms with Crippen LogP contribution in [0.1, 0.15) is 28.4 Å². The summed E-state index contributed by atoms with van der Waals surface area (Å²) in [7, 11) is 1.64. The minimum Gasteiger partial charge on any atom is -0.497 e. The van der Waals surface area contributed by atoms with Crippen molar-refractivity contribution < 1.29 is 9.84 Å². The van der Waals surface area contributed by atoms with Crippen molar-refractivity contribution in [1.29, 1.82) is 0 Å². The van der Waals surface area contributed by atoms with Crippen LogP contribution < -0.4 is 10.1 Å². The van der Waals surface area contributed by atoms with Crippen LogP contribution in [0.15, 0.2) is 42.5 Å². The second kappa shape index (κ2) is 7.25. The van der Waals surface area contributed by atoms with Crippen LogP contribution in [0.25, 0.3) is 0 Å². The third kappa shape index (κ3) is 4.06. The molecule has 21 heavy (non-hydrogen) atoms. The molecule has 0 aliphatic carbocycles. The van der Waals surface area contributed by atoms with Gasteiger partial charge in [0.1, 0.15) is 5.75 Å². The predicted molar refractivity (Wildman–Crippen MR) is 85.6 cm³/mol. The Morgan fingerprint density at radius 3 is 2.48 bits per heavy atom. The molecule has 2 aromatic rings. The highest BCUT2D eigenvalue weighted by atomic mass is 16.5. The van der Waals surface area contributed by atoms with Gasteiger partial charge in [-0.1, -0.05) is 30.3 Å². The largest absolute Gasteiger partial charge is 0.497 e. The van der Waals surface area contributed by atoms with E-state index in [1.165, 1.54) is 16.7 Å². The maximum Gasteiger partial charge on any atom is 0.118 e. The number of methoxy groups -OCH3 is 1. The topological polar surface area (TPSA) is 41.5 Å². The van der Waals surface area contributed by atoms with E-state index >= 15 is 0 Å². The van der Waals surface area contributed by atoms with Crippen molar-refractivity contribution in [2.75, 3.05) is 13.7 Å². The average molecular weight is 285 g/mol. The predicted octanol–water partition coefficient (Wildman–Crippen LogP) is 3.14. The van der Waals surface area contributed by atoms with Gasteiger partial charge in [0.25, 0.3) is 0 Å². The highest BCUT2D eigenvalue weighted by Gasteiger charge is 2.08. The van der Waals surface area contributed by atoms with E-state index in [-0.39, 0.29) is 0 Å². The van der Waals surface area contributed by atoms with Crippen LogP contribution >= 0.6 is 0 Å². The van der Waals surface area contributed by atoms with Crippen LogP contribution in [0.4, 0.5) is 0 Å². The van der Waals surface area contributed by atoms with E-state index in [0.29, 0.717) is 6.54 Å². The lowest BCUT2D eigenvalue weighted by Gasteiger charge is -2.14. The molecule has 0 heterocycles. The minimum absolute atomic E-state index is 0.513. The molecule has 0 bridgehead atoms. The lowest BCUT2D eigenvalue weighted by atomic mass is 10.0. The maximum atomic E-state index is 10.2. The zero-order valence-electron chi connectivity index (χ0n) is 12.9. The number of aryl methyl sites for hydroxylation is 1. The maximum absolute atomic E-state index is 10.2. The molecule has 0 saturated carbocycles. The van der Waals surface area contributed by atoms with Crippen LogP contribution in [0.5, 0.6) is 5.75 Å². The Hall–Kier alpha value is -1.84.